The number of likely N-dealkylation sites (N-methyl/N-ethyl adjacent to an activating group) is 1. The molecule has 0 saturated carbocycles. The fraction of sp³-hybridized carbons (Fsp3) is 0.200. The molecule has 7 nitrogen and oxygen atoms in total. The largest absolute Gasteiger partial charge is 0.383 e. The van der Waals surface area contributed by atoms with Gasteiger partial charge in [0.05, 0.1) is 34.2 Å². The number of rotatable bonds is 4. The minimum Gasteiger partial charge on any atom is -0.383 e. The van der Waals surface area contributed by atoms with Crippen LogP contribution >= 0.6 is 11.6 Å². The molecular weight excluding hydrogens is 414 g/mol. The smallest absolute Gasteiger partial charge is 0.306 e. The van der Waals surface area contributed by atoms with E-state index in [1.807, 2.05) is 0 Å². The fourth-order valence-corrected chi connectivity index (χ4v) is 3.47. The van der Waals surface area contributed by atoms with E-state index in [2.05, 4.69) is 15.1 Å². The van der Waals surface area contributed by atoms with Crippen molar-refractivity contribution in [2.75, 3.05) is 19.3 Å². The van der Waals surface area contributed by atoms with Crippen molar-refractivity contribution >= 4 is 45.1 Å². The standard InChI is InChI=1S/C20H17ClF2N6O/c1-28(10-20(22,23)16-6-4-12(21)8-25-16)19(30)11-3-5-15-13(7-11)17-14(18(24)27-15)9-26-29(17)2/h3-9H,10H2,1-2H3,(H2,24,27). The number of nitrogen functional groups attached to an aromatic ring is 1. The summed E-state index contributed by atoms with van der Waals surface area (Å²) in [6.07, 6.45) is 2.74. The first-order valence-electron chi connectivity index (χ1n) is 8.93. The van der Waals surface area contributed by atoms with E-state index in [0.29, 0.717) is 27.6 Å². The first-order chi connectivity index (χ1) is 14.2. The zero-order valence-corrected chi connectivity index (χ0v) is 16.9. The third-order valence-corrected chi connectivity index (χ3v) is 5.06. The molecule has 1 amide bonds. The topological polar surface area (TPSA) is 89.9 Å². The van der Waals surface area contributed by atoms with E-state index in [1.165, 1.54) is 19.2 Å². The molecule has 4 aromatic rings. The number of hydrogen-bond donors (Lipinski definition) is 1. The van der Waals surface area contributed by atoms with Crippen LogP contribution < -0.4 is 5.73 Å². The van der Waals surface area contributed by atoms with Gasteiger partial charge in [-0.25, -0.2) is 4.98 Å². The van der Waals surface area contributed by atoms with Crippen molar-refractivity contribution in [1.82, 2.24) is 24.6 Å². The Kier molecular flexibility index (Phi) is 4.77. The molecule has 3 heterocycles. The summed E-state index contributed by atoms with van der Waals surface area (Å²) in [5.74, 6) is -3.56. The summed E-state index contributed by atoms with van der Waals surface area (Å²) in [5, 5.41) is 5.76. The fourth-order valence-electron chi connectivity index (χ4n) is 3.35. The van der Waals surface area contributed by atoms with Crippen LogP contribution in [0.1, 0.15) is 16.1 Å². The van der Waals surface area contributed by atoms with E-state index in [0.717, 1.165) is 17.2 Å². The molecule has 10 heteroatoms. The SMILES string of the molecule is CN(CC(F)(F)c1ccc(Cl)cn1)C(=O)c1ccc2nc(N)c3cnn(C)c3c2c1. The second-order valence-electron chi connectivity index (χ2n) is 6.99. The average Bonchev–Trinajstić information content (AvgIpc) is 3.10. The van der Waals surface area contributed by atoms with Crippen LogP contribution in [0.5, 0.6) is 0 Å². The van der Waals surface area contributed by atoms with Gasteiger partial charge in [0.1, 0.15) is 11.5 Å². The number of carbonyl (C=O) groups is 1. The maximum Gasteiger partial charge on any atom is 0.306 e. The molecule has 0 bridgehead atoms. The van der Waals surface area contributed by atoms with E-state index < -0.39 is 24.1 Å². The highest BCUT2D eigenvalue weighted by Crippen LogP contribution is 2.30. The molecule has 0 unspecified atom stereocenters. The maximum absolute atomic E-state index is 14.6. The summed E-state index contributed by atoms with van der Waals surface area (Å²) in [7, 11) is 3.07. The van der Waals surface area contributed by atoms with Crippen LogP contribution in [0.4, 0.5) is 14.6 Å². The normalized spacial score (nSPS) is 11.9. The van der Waals surface area contributed by atoms with Crippen LogP contribution in [0.2, 0.25) is 5.02 Å². The van der Waals surface area contributed by atoms with Gasteiger partial charge in [0.15, 0.2) is 0 Å². The average molecular weight is 431 g/mol. The zero-order valence-electron chi connectivity index (χ0n) is 16.1. The Morgan fingerprint density at radius 1 is 1.23 bits per heavy atom. The number of anilines is 1. The first-order valence-corrected chi connectivity index (χ1v) is 9.31. The molecule has 2 N–H and O–H groups in total. The number of hydrogen-bond acceptors (Lipinski definition) is 5. The molecule has 0 radical (unpaired) electrons. The molecule has 0 fully saturated rings. The molecule has 0 spiro atoms. The van der Waals surface area contributed by atoms with Crippen LogP contribution in [-0.4, -0.2) is 44.1 Å². The van der Waals surface area contributed by atoms with Crippen LogP contribution in [0.15, 0.2) is 42.7 Å². The van der Waals surface area contributed by atoms with E-state index in [9.17, 15) is 13.6 Å². The van der Waals surface area contributed by atoms with Crippen molar-refractivity contribution in [3.05, 3.63) is 59.0 Å². The molecular formula is C20H17ClF2N6O. The minimum absolute atomic E-state index is 0.249. The lowest BCUT2D eigenvalue weighted by Gasteiger charge is -2.24. The second-order valence-corrected chi connectivity index (χ2v) is 7.42. The molecule has 154 valence electrons. The summed E-state index contributed by atoms with van der Waals surface area (Å²) in [6, 6.07) is 7.27. The van der Waals surface area contributed by atoms with Gasteiger partial charge >= 0.3 is 5.92 Å². The number of aryl methyl sites for hydroxylation is 1. The summed E-state index contributed by atoms with van der Waals surface area (Å²) in [6.45, 7) is -0.834. The first kappa shape index (κ1) is 20.0. The van der Waals surface area contributed by atoms with E-state index in [-0.39, 0.29) is 10.6 Å². The van der Waals surface area contributed by atoms with Gasteiger partial charge in [-0.3, -0.25) is 14.5 Å². The van der Waals surface area contributed by atoms with E-state index in [4.69, 9.17) is 17.3 Å². The highest BCUT2D eigenvalue weighted by Gasteiger charge is 2.36. The number of halogens is 3. The third kappa shape index (κ3) is 3.41. The van der Waals surface area contributed by atoms with Crippen molar-refractivity contribution in [2.45, 2.75) is 5.92 Å². The number of amides is 1. The predicted molar refractivity (Wildman–Crippen MR) is 111 cm³/mol. The number of alkyl halides is 2. The molecule has 0 aliphatic heterocycles. The Morgan fingerprint density at radius 3 is 2.70 bits per heavy atom. The Bertz CT molecular complexity index is 1270. The monoisotopic (exact) mass is 430 g/mol. The van der Waals surface area contributed by atoms with Gasteiger partial charge in [-0.2, -0.15) is 13.9 Å². The summed E-state index contributed by atoms with van der Waals surface area (Å²) in [4.78, 5) is 21.8. The molecule has 0 saturated heterocycles. The van der Waals surface area contributed by atoms with Crippen LogP contribution in [-0.2, 0) is 13.0 Å². The Morgan fingerprint density at radius 2 is 2.00 bits per heavy atom. The van der Waals surface area contributed by atoms with E-state index >= 15 is 0 Å². The maximum atomic E-state index is 14.6. The van der Waals surface area contributed by atoms with Gasteiger partial charge in [0.25, 0.3) is 5.91 Å². The number of fused-ring (bicyclic) bond motifs is 3. The molecule has 4 rings (SSSR count). The molecule has 0 aliphatic carbocycles. The van der Waals surface area contributed by atoms with Crippen LogP contribution in [0, 0.1) is 0 Å². The summed E-state index contributed by atoms with van der Waals surface area (Å²) in [5.41, 5.74) is 7.07. The van der Waals surface area contributed by atoms with Gasteiger partial charge in [0.2, 0.25) is 0 Å². The molecule has 0 atom stereocenters. The number of nitrogens with zero attached hydrogens (tertiary/aromatic N) is 5. The number of benzene rings is 1. The summed E-state index contributed by atoms with van der Waals surface area (Å²) >= 11 is 5.71. The highest BCUT2D eigenvalue weighted by atomic mass is 35.5. The Labute approximate surface area is 175 Å². The van der Waals surface area contributed by atoms with Gasteiger partial charge < -0.3 is 10.6 Å². The quantitative estimate of drug-likeness (QED) is 0.534. The minimum atomic E-state index is -3.34. The number of carbonyl (C=O) groups excluding carboxylic acids is 1. The number of pyridine rings is 2. The Balaban J connectivity index is 1.67. The molecule has 0 aliphatic rings. The van der Waals surface area contributed by atoms with Gasteiger partial charge in [-0.05, 0) is 30.3 Å². The lowest BCUT2D eigenvalue weighted by molar-refractivity contribution is -0.0317. The summed E-state index contributed by atoms with van der Waals surface area (Å²) < 4.78 is 30.8. The lowest BCUT2D eigenvalue weighted by Crippen LogP contribution is -2.37. The van der Waals surface area contributed by atoms with Crippen molar-refractivity contribution in [3.63, 3.8) is 0 Å². The second kappa shape index (κ2) is 7.17. The predicted octanol–water partition coefficient (Wildman–Crippen LogP) is 3.62. The van der Waals surface area contributed by atoms with Gasteiger partial charge in [0, 0.05) is 31.2 Å². The van der Waals surface area contributed by atoms with Crippen molar-refractivity contribution in [1.29, 1.82) is 0 Å². The lowest BCUT2D eigenvalue weighted by atomic mass is 10.1. The molecule has 3 aromatic heterocycles. The third-order valence-electron chi connectivity index (χ3n) is 4.84. The van der Waals surface area contributed by atoms with Crippen molar-refractivity contribution in [2.24, 2.45) is 7.05 Å². The van der Waals surface area contributed by atoms with Crippen LogP contribution in [0.25, 0.3) is 21.8 Å². The Hall–Kier alpha value is -3.33. The van der Waals surface area contributed by atoms with Crippen LogP contribution in [0.3, 0.4) is 0 Å². The van der Waals surface area contributed by atoms with E-state index in [1.54, 1.807) is 30.1 Å². The molecule has 1 aromatic carbocycles. The number of nitrogens with two attached hydrogens (primary N) is 1. The molecule has 30 heavy (non-hydrogen) atoms. The van der Waals surface area contributed by atoms with Gasteiger partial charge in [-0.15, -0.1) is 0 Å². The number of aromatic nitrogens is 4. The highest BCUT2D eigenvalue weighted by molar-refractivity contribution is 6.30. The van der Waals surface area contributed by atoms with Crippen molar-refractivity contribution < 1.29 is 13.6 Å². The zero-order chi connectivity index (χ0) is 21.6. The van der Waals surface area contributed by atoms with Gasteiger partial charge in [-0.1, -0.05) is 11.6 Å². The van der Waals surface area contributed by atoms with Crippen molar-refractivity contribution in [3.8, 4) is 0 Å².